The number of benzene rings is 2. The first-order valence-electron chi connectivity index (χ1n) is 7.13. The summed E-state index contributed by atoms with van der Waals surface area (Å²) in [7, 11) is 0. The zero-order chi connectivity index (χ0) is 17.7. The van der Waals surface area contributed by atoms with Gasteiger partial charge in [-0.25, -0.2) is 13.2 Å². The summed E-state index contributed by atoms with van der Waals surface area (Å²) in [6.45, 7) is 0. The minimum Gasteiger partial charge on any atom is -0.368 e. The van der Waals surface area contributed by atoms with Gasteiger partial charge >= 0.3 is 0 Å². The molecule has 0 bridgehead atoms. The van der Waals surface area contributed by atoms with E-state index in [9.17, 15) is 22.8 Å². The molecule has 0 aliphatic rings. The van der Waals surface area contributed by atoms with Crippen LogP contribution in [0.25, 0.3) is 0 Å². The summed E-state index contributed by atoms with van der Waals surface area (Å²) in [6, 6.07) is 7.46. The molecule has 24 heavy (non-hydrogen) atoms. The Bertz CT molecular complexity index is 765. The van der Waals surface area contributed by atoms with Crippen molar-refractivity contribution >= 4 is 11.8 Å². The topological polar surface area (TPSA) is 72.2 Å². The average Bonchev–Trinajstić information content (AvgIpc) is 2.51. The van der Waals surface area contributed by atoms with E-state index in [1.54, 1.807) is 6.07 Å². The van der Waals surface area contributed by atoms with Gasteiger partial charge in [-0.05, 0) is 23.3 Å². The van der Waals surface area contributed by atoms with Gasteiger partial charge in [-0.15, -0.1) is 0 Å². The molecule has 0 spiro atoms. The number of nitrogens with two attached hydrogens (primary N) is 1. The second-order valence-electron chi connectivity index (χ2n) is 5.23. The van der Waals surface area contributed by atoms with Crippen LogP contribution >= 0.6 is 0 Å². The van der Waals surface area contributed by atoms with E-state index in [4.69, 9.17) is 5.73 Å². The van der Waals surface area contributed by atoms with Crippen molar-refractivity contribution in [3.05, 3.63) is 71.0 Å². The van der Waals surface area contributed by atoms with Gasteiger partial charge in [0, 0.05) is 12.5 Å². The molecule has 2 aromatic rings. The molecule has 4 nitrogen and oxygen atoms in total. The van der Waals surface area contributed by atoms with Gasteiger partial charge in [-0.3, -0.25) is 9.59 Å². The first kappa shape index (κ1) is 17.5. The molecule has 3 N–H and O–H groups in total. The van der Waals surface area contributed by atoms with Crippen LogP contribution in [0.15, 0.2) is 42.5 Å². The lowest BCUT2D eigenvalue weighted by Crippen LogP contribution is -2.46. The largest absolute Gasteiger partial charge is 0.368 e. The van der Waals surface area contributed by atoms with Crippen LogP contribution in [-0.4, -0.2) is 17.9 Å². The van der Waals surface area contributed by atoms with E-state index in [1.165, 1.54) is 18.2 Å². The van der Waals surface area contributed by atoms with Crippen LogP contribution in [0.5, 0.6) is 0 Å². The number of rotatable bonds is 6. The maximum Gasteiger partial charge on any atom is 0.240 e. The molecule has 0 aliphatic heterocycles. The predicted molar refractivity (Wildman–Crippen MR) is 81.3 cm³/mol. The van der Waals surface area contributed by atoms with Crippen LogP contribution in [0.1, 0.15) is 11.1 Å². The van der Waals surface area contributed by atoms with Crippen LogP contribution in [0, 0.1) is 17.5 Å². The molecule has 0 aliphatic carbocycles. The lowest BCUT2D eigenvalue weighted by atomic mass is 10.0. The molecule has 0 heterocycles. The van der Waals surface area contributed by atoms with Gasteiger partial charge in [0.1, 0.15) is 23.5 Å². The van der Waals surface area contributed by atoms with Crippen molar-refractivity contribution in [1.29, 1.82) is 0 Å². The number of carbonyl (C=O) groups is 2. The molecule has 0 unspecified atom stereocenters. The second kappa shape index (κ2) is 7.63. The van der Waals surface area contributed by atoms with Crippen molar-refractivity contribution in [2.45, 2.75) is 18.9 Å². The lowest BCUT2D eigenvalue weighted by Gasteiger charge is -2.16. The summed E-state index contributed by atoms with van der Waals surface area (Å²) in [5, 5.41) is 2.34. The fraction of sp³-hybridized carbons (Fsp3) is 0.176. The number of primary amides is 1. The first-order valence-corrected chi connectivity index (χ1v) is 7.13. The molecule has 0 saturated heterocycles. The monoisotopic (exact) mass is 336 g/mol. The van der Waals surface area contributed by atoms with Gasteiger partial charge in [-0.2, -0.15) is 0 Å². The second-order valence-corrected chi connectivity index (χ2v) is 5.23. The van der Waals surface area contributed by atoms with E-state index >= 15 is 0 Å². The Morgan fingerprint density at radius 2 is 1.71 bits per heavy atom. The number of hydrogen-bond acceptors (Lipinski definition) is 2. The summed E-state index contributed by atoms with van der Waals surface area (Å²) in [5.41, 5.74) is 5.42. The normalized spacial score (nSPS) is 11.8. The molecule has 2 rings (SSSR count). The highest BCUT2D eigenvalue weighted by atomic mass is 19.1. The van der Waals surface area contributed by atoms with Crippen LogP contribution in [-0.2, 0) is 22.4 Å². The standard InChI is InChI=1S/C17H15F3N2O2/c18-12-6-5-11(14(20)9-12)8-16(23)22-15(17(21)24)7-10-3-1-2-4-13(10)19/h1-6,9,15H,7-8H2,(H2,21,24)(H,22,23)/t15-/m1/s1. The quantitative estimate of drug-likeness (QED) is 0.845. The molecule has 0 fully saturated rings. The van der Waals surface area contributed by atoms with Crippen LogP contribution in [0.3, 0.4) is 0 Å². The average molecular weight is 336 g/mol. The van der Waals surface area contributed by atoms with Gasteiger partial charge in [-0.1, -0.05) is 24.3 Å². The highest BCUT2D eigenvalue weighted by molar-refractivity contribution is 5.87. The number of hydrogen-bond donors (Lipinski definition) is 2. The Morgan fingerprint density at radius 1 is 1.00 bits per heavy atom. The van der Waals surface area contributed by atoms with E-state index < -0.39 is 41.7 Å². The molecule has 0 radical (unpaired) electrons. The van der Waals surface area contributed by atoms with E-state index in [0.717, 1.165) is 12.1 Å². The third-order valence-corrected chi connectivity index (χ3v) is 3.43. The number of amides is 2. The fourth-order valence-electron chi connectivity index (χ4n) is 2.19. The summed E-state index contributed by atoms with van der Waals surface area (Å²) in [6.07, 6.45) is -0.521. The van der Waals surface area contributed by atoms with Crippen molar-refractivity contribution in [3.63, 3.8) is 0 Å². The molecule has 126 valence electrons. The summed E-state index contributed by atoms with van der Waals surface area (Å²) in [5.74, 6) is -3.67. The molecule has 1 atom stereocenters. The molecule has 7 heteroatoms. The van der Waals surface area contributed by atoms with Crippen molar-refractivity contribution in [1.82, 2.24) is 5.32 Å². The zero-order valence-corrected chi connectivity index (χ0v) is 12.6. The van der Waals surface area contributed by atoms with Crippen molar-refractivity contribution in [2.24, 2.45) is 5.73 Å². The SMILES string of the molecule is NC(=O)[C@@H](Cc1ccccc1F)NC(=O)Cc1ccc(F)cc1F. The van der Waals surface area contributed by atoms with Gasteiger partial charge in [0.05, 0.1) is 6.42 Å². The molecule has 2 aromatic carbocycles. The highest BCUT2D eigenvalue weighted by Crippen LogP contribution is 2.12. The Hall–Kier alpha value is -2.83. The Labute approximate surface area is 136 Å². The lowest BCUT2D eigenvalue weighted by molar-refractivity contribution is -0.127. The van der Waals surface area contributed by atoms with E-state index in [2.05, 4.69) is 5.32 Å². The zero-order valence-electron chi connectivity index (χ0n) is 12.6. The Kier molecular flexibility index (Phi) is 5.57. The van der Waals surface area contributed by atoms with Crippen LogP contribution < -0.4 is 11.1 Å². The van der Waals surface area contributed by atoms with E-state index in [0.29, 0.717) is 6.07 Å². The minimum absolute atomic E-state index is 0.0250. The van der Waals surface area contributed by atoms with E-state index in [-0.39, 0.29) is 17.5 Å². The van der Waals surface area contributed by atoms with Crippen molar-refractivity contribution in [2.75, 3.05) is 0 Å². The van der Waals surface area contributed by atoms with Gasteiger partial charge in [0.25, 0.3) is 0 Å². The summed E-state index contributed by atoms with van der Waals surface area (Å²) in [4.78, 5) is 23.4. The van der Waals surface area contributed by atoms with Gasteiger partial charge in [0.15, 0.2) is 0 Å². The molecule has 0 saturated carbocycles. The smallest absolute Gasteiger partial charge is 0.240 e. The van der Waals surface area contributed by atoms with Gasteiger partial charge in [0.2, 0.25) is 11.8 Å². The highest BCUT2D eigenvalue weighted by Gasteiger charge is 2.21. The minimum atomic E-state index is -1.14. The van der Waals surface area contributed by atoms with Gasteiger partial charge < -0.3 is 11.1 Å². The Morgan fingerprint density at radius 3 is 2.33 bits per heavy atom. The Balaban J connectivity index is 2.06. The number of carbonyl (C=O) groups excluding carboxylic acids is 2. The molecular weight excluding hydrogens is 321 g/mol. The third-order valence-electron chi connectivity index (χ3n) is 3.43. The van der Waals surface area contributed by atoms with Crippen molar-refractivity contribution in [3.8, 4) is 0 Å². The first-order chi connectivity index (χ1) is 11.4. The molecule has 2 amide bonds. The fourth-order valence-corrected chi connectivity index (χ4v) is 2.19. The van der Waals surface area contributed by atoms with Crippen molar-refractivity contribution < 1.29 is 22.8 Å². The third kappa shape index (κ3) is 4.58. The maximum absolute atomic E-state index is 13.6. The number of halogens is 3. The van der Waals surface area contributed by atoms with Crippen LogP contribution in [0.4, 0.5) is 13.2 Å². The summed E-state index contributed by atoms with van der Waals surface area (Å²) < 4.78 is 40.0. The number of nitrogens with one attached hydrogen (secondary N) is 1. The molecule has 0 aromatic heterocycles. The maximum atomic E-state index is 13.6. The van der Waals surface area contributed by atoms with E-state index in [1.807, 2.05) is 0 Å². The molecular formula is C17H15F3N2O2. The predicted octanol–water partition coefficient (Wildman–Crippen LogP) is 1.86. The summed E-state index contributed by atoms with van der Waals surface area (Å²) >= 11 is 0. The van der Waals surface area contributed by atoms with Crippen LogP contribution in [0.2, 0.25) is 0 Å².